The van der Waals surface area contributed by atoms with Gasteiger partial charge in [-0.05, 0) is 24.1 Å². The van der Waals surface area contributed by atoms with Crippen molar-refractivity contribution in [2.45, 2.75) is 13.3 Å². The Morgan fingerprint density at radius 2 is 1.88 bits per heavy atom. The number of fused-ring (bicyclic) bond motifs is 1. The van der Waals surface area contributed by atoms with E-state index < -0.39 is 17.5 Å². The Bertz CT molecular complexity index is 939. The third-order valence-corrected chi connectivity index (χ3v) is 3.76. The Morgan fingerprint density at radius 3 is 2.56 bits per heavy atom. The molecule has 2 aromatic carbocycles. The average Bonchev–Trinajstić information content (AvgIpc) is 2.59. The number of hydrogen-bond donors (Lipinski definition) is 2. The van der Waals surface area contributed by atoms with E-state index in [-0.39, 0.29) is 11.4 Å². The summed E-state index contributed by atoms with van der Waals surface area (Å²) < 4.78 is 27.1. The highest BCUT2D eigenvalue weighted by Crippen LogP contribution is 2.31. The van der Waals surface area contributed by atoms with E-state index in [4.69, 9.17) is 5.73 Å². The molecule has 0 saturated carbocycles. The molecule has 0 spiro atoms. The number of nitrogens with one attached hydrogen (secondary N) is 1. The van der Waals surface area contributed by atoms with Gasteiger partial charge in [0.1, 0.15) is 17.2 Å². The van der Waals surface area contributed by atoms with E-state index in [1.807, 2.05) is 6.92 Å². The number of anilines is 1. The SMILES string of the molecule is CCCNC(=O)c1nnc2c(-c3cc(F)cc(F)c3)cccc2c1N. The zero-order valence-electron chi connectivity index (χ0n) is 13.5. The highest BCUT2D eigenvalue weighted by molar-refractivity contribution is 6.07. The van der Waals surface area contributed by atoms with Gasteiger partial charge < -0.3 is 11.1 Å². The van der Waals surface area contributed by atoms with Crippen molar-refractivity contribution in [1.29, 1.82) is 0 Å². The summed E-state index contributed by atoms with van der Waals surface area (Å²) >= 11 is 0. The first-order valence-electron chi connectivity index (χ1n) is 7.80. The van der Waals surface area contributed by atoms with Gasteiger partial charge in [0.15, 0.2) is 5.69 Å². The van der Waals surface area contributed by atoms with E-state index in [9.17, 15) is 13.6 Å². The topological polar surface area (TPSA) is 80.9 Å². The molecule has 0 fully saturated rings. The van der Waals surface area contributed by atoms with Crippen molar-refractivity contribution in [3.8, 4) is 11.1 Å². The van der Waals surface area contributed by atoms with Gasteiger partial charge in [0.2, 0.25) is 0 Å². The van der Waals surface area contributed by atoms with Crippen LogP contribution in [0.2, 0.25) is 0 Å². The number of hydrogen-bond acceptors (Lipinski definition) is 4. The van der Waals surface area contributed by atoms with E-state index in [0.29, 0.717) is 28.6 Å². The maximum Gasteiger partial charge on any atom is 0.273 e. The van der Waals surface area contributed by atoms with Crippen LogP contribution in [0, 0.1) is 11.6 Å². The summed E-state index contributed by atoms with van der Waals surface area (Å²) in [5.74, 6) is -1.79. The van der Waals surface area contributed by atoms with Gasteiger partial charge in [-0.3, -0.25) is 4.79 Å². The maximum atomic E-state index is 13.5. The molecule has 1 aromatic heterocycles. The van der Waals surface area contributed by atoms with Crippen molar-refractivity contribution in [2.75, 3.05) is 12.3 Å². The molecule has 128 valence electrons. The molecule has 25 heavy (non-hydrogen) atoms. The maximum absolute atomic E-state index is 13.5. The Hall–Kier alpha value is -3.09. The molecular formula is C18H16F2N4O. The number of halogens is 2. The van der Waals surface area contributed by atoms with Crippen LogP contribution in [0.4, 0.5) is 14.5 Å². The second-order valence-corrected chi connectivity index (χ2v) is 5.58. The molecule has 0 bridgehead atoms. The van der Waals surface area contributed by atoms with Crippen molar-refractivity contribution >= 4 is 22.5 Å². The summed E-state index contributed by atoms with van der Waals surface area (Å²) in [6.45, 7) is 2.43. The molecule has 0 atom stereocenters. The summed E-state index contributed by atoms with van der Waals surface area (Å²) in [4.78, 5) is 12.1. The van der Waals surface area contributed by atoms with Gasteiger partial charge in [0, 0.05) is 23.6 Å². The van der Waals surface area contributed by atoms with E-state index in [1.165, 1.54) is 12.1 Å². The fourth-order valence-electron chi connectivity index (χ4n) is 2.58. The monoisotopic (exact) mass is 342 g/mol. The predicted octanol–water partition coefficient (Wildman–Crippen LogP) is 3.30. The molecule has 0 aliphatic heterocycles. The molecule has 0 radical (unpaired) electrons. The lowest BCUT2D eigenvalue weighted by atomic mass is 10.0. The van der Waals surface area contributed by atoms with Crippen LogP contribution in [0.25, 0.3) is 22.0 Å². The van der Waals surface area contributed by atoms with Crippen molar-refractivity contribution in [3.63, 3.8) is 0 Å². The lowest BCUT2D eigenvalue weighted by Crippen LogP contribution is -2.26. The van der Waals surface area contributed by atoms with E-state index in [1.54, 1.807) is 18.2 Å². The number of nitrogen functional groups attached to an aromatic ring is 1. The fraction of sp³-hybridized carbons (Fsp3) is 0.167. The van der Waals surface area contributed by atoms with Crippen molar-refractivity contribution in [3.05, 3.63) is 53.7 Å². The minimum atomic E-state index is -0.691. The second-order valence-electron chi connectivity index (χ2n) is 5.58. The van der Waals surface area contributed by atoms with E-state index in [2.05, 4.69) is 15.5 Å². The number of rotatable bonds is 4. The average molecular weight is 342 g/mol. The smallest absolute Gasteiger partial charge is 0.273 e. The Kier molecular flexibility index (Phi) is 4.56. The summed E-state index contributed by atoms with van der Waals surface area (Å²) in [7, 11) is 0. The number of carbonyl (C=O) groups excluding carboxylic acids is 1. The normalized spacial score (nSPS) is 10.8. The second kappa shape index (κ2) is 6.80. The Labute approximate surface area is 142 Å². The third-order valence-electron chi connectivity index (χ3n) is 3.76. The van der Waals surface area contributed by atoms with Crippen molar-refractivity contribution in [2.24, 2.45) is 0 Å². The molecule has 0 saturated heterocycles. The van der Waals surface area contributed by atoms with E-state index >= 15 is 0 Å². The highest BCUT2D eigenvalue weighted by atomic mass is 19.1. The van der Waals surface area contributed by atoms with Gasteiger partial charge in [-0.15, -0.1) is 10.2 Å². The summed E-state index contributed by atoms with van der Waals surface area (Å²) in [6.07, 6.45) is 0.780. The summed E-state index contributed by atoms with van der Waals surface area (Å²) in [5.41, 5.74) is 7.47. The molecule has 5 nitrogen and oxygen atoms in total. The van der Waals surface area contributed by atoms with Gasteiger partial charge >= 0.3 is 0 Å². The lowest BCUT2D eigenvalue weighted by Gasteiger charge is -2.10. The minimum absolute atomic E-state index is 0.0310. The molecule has 3 rings (SSSR count). The number of nitrogens with two attached hydrogens (primary N) is 1. The van der Waals surface area contributed by atoms with Gasteiger partial charge in [0.25, 0.3) is 5.91 Å². The first kappa shape index (κ1) is 16.8. The summed E-state index contributed by atoms with van der Waals surface area (Å²) in [5, 5.41) is 11.2. The molecule has 0 unspecified atom stereocenters. The highest BCUT2D eigenvalue weighted by Gasteiger charge is 2.17. The van der Waals surface area contributed by atoms with Crippen LogP contribution in [-0.2, 0) is 0 Å². The third kappa shape index (κ3) is 3.26. The van der Waals surface area contributed by atoms with Crippen LogP contribution < -0.4 is 11.1 Å². The first-order chi connectivity index (χ1) is 12.0. The van der Waals surface area contributed by atoms with Crippen LogP contribution >= 0.6 is 0 Å². The van der Waals surface area contributed by atoms with Gasteiger partial charge in [0.05, 0.1) is 5.69 Å². The van der Waals surface area contributed by atoms with Crippen LogP contribution in [0.1, 0.15) is 23.8 Å². The molecule has 3 N–H and O–H groups in total. The quantitative estimate of drug-likeness (QED) is 0.762. The standard InChI is InChI=1S/C18H16F2N4O/c1-2-6-22-18(25)17-15(21)14-5-3-4-13(16(14)23-24-17)10-7-11(19)9-12(20)8-10/h3-5,7-9H,2,6H2,1H3,(H2,21,23)(H,22,25). The molecular weight excluding hydrogens is 326 g/mol. The zero-order chi connectivity index (χ0) is 18.0. The molecule has 3 aromatic rings. The van der Waals surface area contributed by atoms with Crippen LogP contribution in [0.5, 0.6) is 0 Å². The minimum Gasteiger partial charge on any atom is -0.396 e. The number of amides is 1. The Morgan fingerprint density at radius 1 is 1.16 bits per heavy atom. The molecule has 1 amide bonds. The fourth-order valence-corrected chi connectivity index (χ4v) is 2.58. The molecule has 1 heterocycles. The number of carbonyl (C=O) groups is 1. The Balaban J connectivity index is 2.14. The largest absolute Gasteiger partial charge is 0.396 e. The number of nitrogens with zero attached hydrogens (tertiary/aromatic N) is 2. The predicted molar refractivity (Wildman–Crippen MR) is 91.9 cm³/mol. The molecule has 0 aliphatic carbocycles. The van der Waals surface area contributed by atoms with Crippen LogP contribution in [0.3, 0.4) is 0 Å². The van der Waals surface area contributed by atoms with Gasteiger partial charge in [-0.1, -0.05) is 25.1 Å². The van der Waals surface area contributed by atoms with Crippen LogP contribution in [0.15, 0.2) is 36.4 Å². The lowest BCUT2D eigenvalue weighted by molar-refractivity contribution is 0.0949. The summed E-state index contributed by atoms with van der Waals surface area (Å²) in [6, 6.07) is 8.25. The molecule has 7 heteroatoms. The van der Waals surface area contributed by atoms with Crippen molar-refractivity contribution < 1.29 is 13.6 Å². The number of aromatic nitrogens is 2. The van der Waals surface area contributed by atoms with E-state index in [0.717, 1.165) is 12.5 Å². The molecule has 0 aliphatic rings. The van der Waals surface area contributed by atoms with Crippen LogP contribution in [-0.4, -0.2) is 22.6 Å². The number of benzene rings is 2. The van der Waals surface area contributed by atoms with Crippen molar-refractivity contribution in [1.82, 2.24) is 15.5 Å². The zero-order valence-corrected chi connectivity index (χ0v) is 13.5. The van der Waals surface area contributed by atoms with Gasteiger partial charge in [-0.25, -0.2) is 8.78 Å². The first-order valence-corrected chi connectivity index (χ1v) is 7.80. The van der Waals surface area contributed by atoms with Gasteiger partial charge in [-0.2, -0.15) is 0 Å².